The molecular formula is C49H49F2N3O10S2. The molecule has 2 fully saturated rings. The topological polar surface area (TPSA) is 169 Å². The van der Waals surface area contributed by atoms with E-state index >= 15 is 4.39 Å². The summed E-state index contributed by atoms with van der Waals surface area (Å²) >= 11 is 2.33. The normalized spacial score (nSPS) is 22.0. The molecule has 2 aliphatic rings. The smallest absolute Gasteiger partial charge is 0.350 e. The first-order chi connectivity index (χ1) is 31.5. The maximum Gasteiger partial charge on any atom is 0.350 e. The molecule has 1 aromatic heterocycles. The second-order valence-electron chi connectivity index (χ2n) is 15.9. The van der Waals surface area contributed by atoms with Gasteiger partial charge >= 0.3 is 29.6 Å². The average Bonchev–Trinajstić information content (AvgIpc) is 3.74. The minimum atomic E-state index is -1.82. The van der Waals surface area contributed by atoms with Crippen LogP contribution in [0.15, 0.2) is 114 Å². The lowest BCUT2D eigenvalue weighted by Crippen LogP contribution is -2.37. The number of nitrogens with zero attached hydrogens (tertiary/aromatic N) is 2. The van der Waals surface area contributed by atoms with Crippen LogP contribution in [0.3, 0.4) is 0 Å². The van der Waals surface area contributed by atoms with Crippen LogP contribution < -0.4 is 11.0 Å². The van der Waals surface area contributed by atoms with E-state index in [2.05, 4.69) is 10.3 Å². The zero-order chi connectivity index (χ0) is 47.7. The number of halogens is 2. The van der Waals surface area contributed by atoms with Gasteiger partial charge in [-0.2, -0.15) is 4.98 Å². The fourth-order valence-electron chi connectivity index (χ4n) is 6.85. The maximum atomic E-state index is 15.8. The predicted octanol–water partition coefficient (Wildman–Crippen LogP) is 8.38. The first-order valence-electron chi connectivity index (χ1n) is 21.0. The Morgan fingerprint density at radius 3 is 1.36 bits per heavy atom. The second kappa shape index (κ2) is 22.2. The number of alkyl halides is 2. The molecule has 8 atom stereocenters. The summed E-state index contributed by atoms with van der Waals surface area (Å²) < 4.78 is 53.3. The zero-order valence-corrected chi connectivity index (χ0v) is 38.6. The van der Waals surface area contributed by atoms with Crippen molar-refractivity contribution in [3.05, 3.63) is 164 Å². The number of rotatable bonds is 12. The van der Waals surface area contributed by atoms with Crippen molar-refractivity contribution in [1.29, 1.82) is 0 Å². The first-order valence-corrected chi connectivity index (χ1v) is 22.8. The van der Waals surface area contributed by atoms with Crippen LogP contribution in [0.4, 0.5) is 14.6 Å². The number of aromatic nitrogens is 2. The number of hydrogen-bond donors (Lipinski definition) is 1. The number of aryl methyl sites for hydroxylation is 4. The van der Waals surface area contributed by atoms with Gasteiger partial charge < -0.3 is 24.3 Å². The average molecular weight is 942 g/mol. The van der Waals surface area contributed by atoms with Gasteiger partial charge in [0.1, 0.15) is 36.7 Å². The summed E-state index contributed by atoms with van der Waals surface area (Å²) in [4.78, 5) is 77.7. The Morgan fingerprint density at radius 2 is 0.970 bits per heavy atom. The summed E-state index contributed by atoms with van der Waals surface area (Å²) in [5.41, 5.74) is 4.56. The van der Waals surface area contributed by atoms with Crippen LogP contribution in [-0.4, -0.2) is 92.9 Å². The van der Waals surface area contributed by atoms with E-state index in [4.69, 9.17) is 18.9 Å². The number of carbonyl (C=O) groups excluding carboxylic acids is 5. The van der Waals surface area contributed by atoms with Crippen molar-refractivity contribution >= 4 is 59.1 Å². The number of hydrogen-bond acceptors (Lipinski definition) is 13. The molecule has 4 aromatic carbocycles. The molecule has 1 amide bonds. The molecule has 7 rings (SSSR count). The Balaban J connectivity index is 0.000000229. The van der Waals surface area contributed by atoms with Crippen molar-refractivity contribution in [2.75, 3.05) is 18.5 Å². The molecule has 2 saturated heterocycles. The van der Waals surface area contributed by atoms with Gasteiger partial charge in [-0.05, 0) is 82.3 Å². The van der Waals surface area contributed by atoms with Crippen LogP contribution in [0, 0.1) is 27.7 Å². The molecule has 0 spiro atoms. The third kappa shape index (κ3) is 12.7. The molecule has 66 heavy (non-hydrogen) atoms. The lowest BCUT2D eigenvalue weighted by atomic mass is 10.1. The van der Waals surface area contributed by atoms with E-state index in [-0.39, 0.29) is 29.8 Å². The number of anilines is 1. The summed E-state index contributed by atoms with van der Waals surface area (Å²) in [5.74, 6) is -2.77. The lowest BCUT2D eigenvalue weighted by molar-refractivity contribution is -0.114. The molecule has 0 radical (unpaired) electrons. The number of ether oxygens (including phenoxy) is 4. The van der Waals surface area contributed by atoms with Gasteiger partial charge in [0.05, 0.1) is 32.8 Å². The van der Waals surface area contributed by atoms with Crippen molar-refractivity contribution < 1.29 is 51.7 Å². The Morgan fingerprint density at radius 1 is 0.591 bits per heavy atom. The van der Waals surface area contributed by atoms with Gasteiger partial charge in [0.25, 0.3) is 0 Å². The number of benzene rings is 4. The minimum absolute atomic E-state index is 0.0199. The standard InChI is InChI=1S/C27H26FN3O6S.C22H23FO4S/c1-15-4-8-18(9-5-15)25(33)36-14-20-23(37-26(34)19-10-6-16(2)7-11-19)22(28)24(38-20)31-13-12-21(29-17(3)32)30-27(31)35;1-13-4-8-16(9-5-13)21(24)26-12-18-20(19(23)15(3)28-18)27-22(25)17-10-6-14(2)7-11-17/h4-13,20,22-24H,14H2,1-3H3,(H,29,30,32,35);4-11,15,18-20H,12H2,1-3H3/t20-,22+,23-,24-;15-,18-,19-,20-/m11/s1. The summed E-state index contributed by atoms with van der Waals surface area (Å²) in [6.07, 6.45) is -4.10. The van der Waals surface area contributed by atoms with Crippen molar-refractivity contribution in [1.82, 2.24) is 9.55 Å². The molecule has 5 aromatic rings. The summed E-state index contributed by atoms with van der Waals surface area (Å²) in [6.45, 7) is 10.3. The molecule has 0 aliphatic carbocycles. The van der Waals surface area contributed by atoms with Gasteiger partial charge in [0, 0.05) is 18.4 Å². The quantitative estimate of drug-likeness (QED) is 0.0936. The van der Waals surface area contributed by atoms with Gasteiger partial charge in [0.2, 0.25) is 5.91 Å². The van der Waals surface area contributed by atoms with Crippen LogP contribution in [0.25, 0.3) is 0 Å². The predicted molar refractivity (Wildman–Crippen MR) is 248 cm³/mol. The molecule has 1 N–H and O–H groups in total. The number of nitrogens with one attached hydrogen (secondary N) is 1. The largest absolute Gasteiger partial charge is 0.461 e. The van der Waals surface area contributed by atoms with Gasteiger partial charge in [-0.3, -0.25) is 9.36 Å². The molecule has 2 aliphatic heterocycles. The fraction of sp³-hybridized carbons (Fsp3) is 0.327. The van der Waals surface area contributed by atoms with Crippen LogP contribution in [-0.2, 0) is 23.7 Å². The molecule has 0 unspecified atom stereocenters. The summed E-state index contributed by atoms with van der Waals surface area (Å²) in [6, 6.07) is 28.7. The second-order valence-corrected chi connectivity index (χ2v) is 18.9. The van der Waals surface area contributed by atoms with Crippen molar-refractivity contribution in [3.63, 3.8) is 0 Å². The summed E-state index contributed by atoms with van der Waals surface area (Å²) in [5, 5.41) is -0.313. The highest BCUT2D eigenvalue weighted by Gasteiger charge is 2.49. The number of carbonyl (C=O) groups is 5. The number of amides is 1. The monoisotopic (exact) mass is 941 g/mol. The number of thioether (sulfide) groups is 2. The van der Waals surface area contributed by atoms with E-state index in [1.54, 1.807) is 91.9 Å². The van der Waals surface area contributed by atoms with Crippen LogP contribution in [0.2, 0.25) is 0 Å². The molecule has 17 heteroatoms. The first kappa shape index (κ1) is 49.1. The van der Waals surface area contributed by atoms with Gasteiger partial charge in [-0.1, -0.05) is 77.7 Å². The van der Waals surface area contributed by atoms with E-state index < -0.39 is 75.9 Å². The van der Waals surface area contributed by atoms with Crippen molar-refractivity contribution in [2.45, 2.75) is 87.2 Å². The highest BCUT2D eigenvalue weighted by molar-refractivity contribution is 8.01. The zero-order valence-electron chi connectivity index (χ0n) is 37.0. The van der Waals surface area contributed by atoms with Crippen LogP contribution in [0.1, 0.15) is 82.9 Å². The lowest BCUT2D eigenvalue weighted by Gasteiger charge is -2.21. The van der Waals surface area contributed by atoms with Crippen LogP contribution in [0.5, 0.6) is 0 Å². The minimum Gasteiger partial charge on any atom is -0.461 e. The van der Waals surface area contributed by atoms with E-state index in [0.717, 1.165) is 38.6 Å². The van der Waals surface area contributed by atoms with E-state index in [1.165, 1.54) is 30.9 Å². The Hall–Kier alpha value is -6.33. The molecule has 0 bridgehead atoms. The Kier molecular flexibility index (Phi) is 16.5. The molecule has 0 saturated carbocycles. The highest BCUT2D eigenvalue weighted by Crippen LogP contribution is 2.45. The SMILES string of the molecule is CC(=O)Nc1ccn([C@@H]2S[C@H](COC(=O)c3ccc(C)cc3)[C@@H](OC(=O)c3ccc(C)cc3)[C@@H]2F)c(=O)n1.Cc1ccc(C(=O)OC[C@H]2S[C@H](C)[C@@H](F)[C@@H]2OC(=O)c2ccc(C)cc2)cc1. The van der Waals surface area contributed by atoms with E-state index in [1.807, 2.05) is 39.8 Å². The van der Waals surface area contributed by atoms with Crippen LogP contribution >= 0.6 is 23.5 Å². The third-order valence-corrected chi connectivity index (χ3v) is 13.5. The van der Waals surface area contributed by atoms with Crippen molar-refractivity contribution in [2.24, 2.45) is 0 Å². The molecule has 346 valence electrons. The fourth-order valence-corrected chi connectivity index (χ4v) is 9.67. The van der Waals surface area contributed by atoms with Gasteiger partial charge in [0.15, 0.2) is 12.3 Å². The van der Waals surface area contributed by atoms with Gasteiger partial charge in [-0.25, -0.2) is 32.8 Å². The van der Waals surface area contributed by atoms with Gasteiger partial charge in [-0.15, -0.1) is 23.5 Å². The van der Waals surface area contributed by atoms with Crippen molar-refractivity contribution in [3.8, 4) is 0 Å². The van der Waals surface area contributed by atoms with E-state index in [0.29, 0.717) is 16.7 Å². The summed E-state index contributed by atoms with van der Waals surface area (Å²) in [7, 11) is 0. The highest BCUT2D eigenvalue weighted by atomic mass is 32.2. The third-order valence-electron chi connectivity index (χ3n) is 10.6. The molecular weight excluding hydrogens is 893 g/mol. The Labute approximate surface area is 389 Å². The molecule has 13 nitrogen and oxygen atoms in total. The molecule has 3 heterocycles. The number of esters is 4. The Bertz CT molecular complexity index is 2580. The maximum absolute atomic E-state index is 15.8. The van der Waals surface area contributed by atoms with E-state index in [9.17, 15) is 33.2 Å².